The molecule has 12 N–H and O–H groups in total. The van der Waals surface area contributed by atoms with Gasteiger partial charge in [0.05, 0.1) is 19.4 Å². The van der Waals surface area contributed by atoms with Crippen LogP contribution in [-0.4, -0.2) is 128 Å². The Bertz CT molecular complexity index is 1010. The lowest BCUT2D eigenvalue weighted by Gasteiger charge is -2.02. The maximum Gasteiger partial charge on any atom is 0.328 e. The van der Waals surface area contributed by atoms with Gasteiger partial charge in [-0.2, -0.15) is 0 Å². The van der Waals surface area contributed by atoms with Crippen LogP contribution in [-0.2, 0) is 33.6 Å². The number of nitrogens with zero attached hydrogens (tertiary/aromatic N) is 1. The Morgan fingerprint density at radius 3 is 0.931 bits per heavy atom. The molecule has 58 heavy (non-hydrogen) atoms. The van der Waals surface area contributed by atoms with Crippen molar-refractivity contribution >= 4 is 54.7 Å². The van der Waals surface area contributed by atoms with Crippen molar-refractivity contribution in [3.8, 4) is 0 Å². The fourth-order valence-corrected chi connectivity index (χ4v) is 3.05. The highest BCUT2D eigenvalue weighted by molar-refractivity contribution is 5.89. The molecule has 0 heterocycles. The number of aliphatic hydroxyl groups is 1. The summed E-state index contributed by atoms with van der Waals surface area (Å²) in [6.07, 6.45) is 19.7. The molecule has 0 aromatic heterocycles. The largest absolute Gasteiger partial charge is 0.483 e. The summed E-state index contributed by atoms with van der Waals surface area (Å²) in [4.78, 5) is 67.6. The number of aliphatic hydroxyl groups excluding tert-OH is 1. The standard InChI is InChI=1S/C16H34O.C6H6.C4H6O4.C4H4O4.C3H7NO2.C3H9N.C2H5NO2.CH2O2.ClH/c1-2-3-4-5-6-7-8-9-10-11-12-13-14-15-16-17;1-2-4-6-5-3-1;2*5-3(6)1-2-4(7)8;1-2(4)3(5)6;1-4(2)3;3-1-2(4)5;2-1-3;/h17H,2-16H2,1H3;1-6H;1-2H2,(H,5,6)(H,7,8);1-2H,(H,5,6)(H,7,8);2H,4H2,1H3,(H,5,6);1-3H3;1,3H2,(H,4,5);1H,(H,2,3);1H/b;;;2-1-;;;;;. The number of unbranched alkanes of at least 4 members (excludes halogenated alkanes) is 13. The Labute approximate surface area is 350 Å². The molecular weight excluding hydrogens is 786 g/mol. The molecule has 342 valence electrons. The molecule has 0 aliphatic carbocycles. The number of rotatable bonds is 21. The first-order chi connectivity index (χ1) is 26.7. The first-order valence-corrected chi connectivity index (χ1v) is 18.5. The van der Waals surface area contributed by atoms with Gasteiger partial charge in [-0.15, -0.1) is 12.4 Å². The number of carboxylic acids is 6. The van der Waals surface area contributed by atoms with Crippen LogP contribution in [0.15, 0.2) is 48.6 Å². The molecule has 1 unspecified atom stereocenters. The highest BCUT2D eigenvalue weighted by Gasteiger charge is 2.01. The second-order valence-corrected chi connectivity index (χ2v) is 11.9. The Hall–Kier alpha value is -4.62. The van der Waals surface area contributed by atoms with Gasteiger partial charge in [0.25, 0.3) is 6.47 Å². The minimum atomic E-state index is -1.26. The molecule has 0 saturated carbocycles. The summed E-state index contributed by atoms with van der Waals surface area (Å²) in [6, 6.07) is 11.3. The molecule has 0 aliphatic heterocycles. The number of aliphatic carboxylic acids is 6. The predicted molar refractivity (Wildman–Crippen MR) is 226 cm³/mol. The van der Waals surface area contributed by atoms with Crippen LogP contribution >= 0.6 is 12.4 Å². The third-order valence-electron chi connectivity index (χ3n) is 5.66. The summed E-state index contributed by atoms with van der Waals surface area (Å²) in [6.45, 7) is 3.54. The monoisotopic (exact) mass is 859 g/mol. The van der Waals surface area contributed by atoms with Gasteiger partial charge in [-0.1, -0.05) is 127 Å². The van der Waals surface area contributed by atoms with Gasteiger partial charge in [0.1, 0.15) is 6.04 Å². The van der Waals surface area contributed by atoms with Gasteiger partial charge in [0.15, 0.2) is 0 Å². The summed E-state index contributed by atoms with van der Waals surface area (Å²) < 4.78 is 0. The lowest BCUT2D eigenvalue weighted by molar-refractivity contribution is -0.143. The van der Waals surface area contributed by atoms with Gasteiger partial charge in [-0.05, 0) is 34.5 Å². The van der Waals surface area contributed by atoms with Gasteiger partial charge in [0, 0.05) is 18.8 Å². The number of carbonyl (C=O) groups is 7. The zero-order valence-corrected chi connectivity index (χ0v) is 35.8. The topological polar surface area (TPSA) is 337 Å². The van der Waals surface area contributed by atoms with E-state index >= 15 is 0 Å². The SMILES string of the molecule is CC(N)C(=O)O.CCCCCCCCCCCCCCCCO.CN(C)C.Cl.NCC(=O)O.O=C(O)/C=C\C(=O)O.O=C(O)CCC(=O)O.O=CO.c1ccccc1. The quantitative estimate of drug-likeness (QED) is 0.0412. The molecule has 0 aliphatic rings. The second-order valence-electron chi connectivity index (χ2n) is 11.9. The molecule has 0 spiro atoms. The normalized spacial score (nSPS) is 9.40. The van der Waals surface area contributed by atoms with Crippen LogP contribution in [0.4, 0.5) is 0 Å². The fraction of sp³-hybridized carbons (Fsp3) is 0.615. The number of hydrogen-bond acceptors (Lipinski definition) is 11. The van der Waals surface area contributed by atoms with Crippen LogP contribution in [0.3, 0.4) is 0 Å². The van der Waals surface area contributed by atoms with Crippen molar-refractivity contribution in [3.05, 3.63) is 48.6 Å². The molecule has 0 amide bonds. The molecule has 19 heteroatoms. The third-order valence-corrected chi connectivity index (χ3v) is 5.66. The Balaban J connectivity index is -0.0000000874. The second kappa shape index (κ2) is 64.3. The van der Waals surface area contributed by atoms with E-state index in [9.17, 15) is 28.8 Å². The van der Waals surface area contributed by atoms with Gasteiger partial charge in [-0.3, -0.25) is 24.0 Å². The van der Waals surface area contributed by atoms with E-state index in [4.69, 9.17) is 51.4 Å². The summed E-state index contributed by atoms with van der Waals surface area (Å²) in [5.74, 6) is -6.60. The summed E-state index contributed by atoms with van der Waals surface area (Å²) in [5, 5.41) is 62.4. The van der Waals surface area contributed by atoms with Gasteiger partial charge in [0.2, 0.25) is 0 Å². The van der Waals surface area contributed by atoms with Crippen molar-refractivity contribution in [1.82, 2.24) is 4.90 Å². The van der Waals surface area contributed by atoms with E-state index in [1.54, 1.807) is 0 Å². The van der Waals surface area contributed by atoms with Gasteiger partial charge >= 0.3 is 35.8 Å². The maximum atomic E-state index is 9.64. The van der Waals surface area contributed by atoms with Crippen LogP contribution in [0.5, 0.6) is 0 Å². The van der Waals surface area contributed by atoms with E-state index in [1.165, 1.54) is 90.4 Å². The Morgan fingerprint density at radius 2 is 0.793 bits per heavy atom. The predicted octanol–water partition coefficient (Wildman–Crippen LogP) is 5.54. The van der Waals surface area contributed by atoms with Crippen molar-refractivity contribution in [2.75, 3.05) is 34.3 Å². The minimum Gasteiger partial charge on any atom is -0.483 e. The third kappa shape index (κ3) is 132. The van der Waals surface area contributed by atoms with Crippen molar-refractivity contribution in [2.24, 2.45) is 11.5 Å². The van der Waals surface area contributed by atoms with E-state index in [0.717, 1.165) is 6.42 Å². The lowest BCUT2D eigenvalue weighted by atomic mass is 10.0. The minimum absolute atomic E-state index is 0. The number of halogens is 1. The van der Waals surface area contributed by atoms with E-state index in [-0.39, 0.29) is 38.3 Å². The zero-order valence-electron chi connectivity index (χ0n) is 34.9. The summed E-state index contributed by atoms with van der Waals surface area (Å²) in [5.41, 5.74) is 9.41. The van der Waals surface area contributed by atoms with E-state index in [2.05, 4.69) is 12.7 Å². The first kappa shape index (κ1) is 71.1. The van der Waals surface area contributed by atoms with Crippen LogP contribution in [0.25, 0.3) is 0 Å². The highest BCUT2D eigenvalue weighted by atomic mass is 35.5. The first-order valence-electron chi connectivity index (χ1n) is 18.5. The molecule has 0 bridgehead atoms. The van der Waals surface area contributed by atoms with Crippen molar-refractivity contribution in [2.45, 2.75) is 123 Å². The zero-order chi connectivity index (χ0) is 45.7. The Kier molecular flexibility index (Phi) is 78.8. The van der Waals surface area contributed by atoms with E-state index in [1.807, 2.05) is 62.4 Å². The number of carboxylic acid groups (broad SMARTS) is 7. The van der Waals surface area contributed by atoms with Gasteiger partial charge in [-0.25, -0.2) is 9.59 Å². The molecule has 0 saturated heterocycles. The molecule has 18 nitrogen and oxygen atoms in total. The molecule has 1 aromatic rings. The summed E-state index contributed by atoms with van der Waals surface area (Å²) in [7, 11) is 6.00. The smallest absolute Gasteiger partial charge is 0.328 e. The fourth-order valence-electron chi connectivity index (χ4n) is 3.05. The molecule has 0 radical (unpaired) electrons. The average Bonchev–Trinajstić information content (AvgIpc) is 3.14. The molecule has 1 aromatic carbocycles. The van der Waals surface area contributed by atoms with Crippen molar-refractivity contribution in [1.29, 1.82) is 0 Å². The summed E-state index contributed by atoms with van der Waals surface area (Å²) >= 11 is 0. The van der Waals surface area contributed by atoms with E-state index < -0.39 is 41.9 Å². The highest BCUT2D eigenvalue weighted by Crippen LogP contribution is 2.12. The van der Waals surface area contributed by atoms with Crippen LogP contribution in [0, 0.1) is 0 Å². The van der Waals surface area contributed by atoms with Crippen molar-refractivity contribution in [3.63, 3.8) is 0 Å². The molecule has 1 rings (SSSR count). The number of benzene rings is 1. The Morgan fingerprint density at radius 1 is 0.586 bits per heavy atom. The maximum absolute atomic E-state index is 9.64. The van der Waals surface area contributed by atoms with Crippen molar-refractivity contribution < 1.29 is 74.4 Å². The molecule has 1 atom stereocenters. The van der Waals surface area contributed by atoms with Crippen LogP contribution < -0.4 is 11.5 Å². The number of nitrogens with two attached hydrogens (primary N) is 2. The molecular formula is C39H74ClN3O15. The average molecular weight is 860 g/mol. The van der Waals surface area contributed by atoms with E-state index in [0.29, 0.717) is 18.8 Å². The van der Waals surface area contributed by atoms with Crippen LogP contribution in [0.1, 0.15) is 117 Å². The van der Waals surface area contributed by atoms with Crippen LogP contribution in [0.2, 0.25) is 0 Å². The number of hydrogen-bond donors (Lipinski definition) is 10. The molecule has 0 fully saturated rings. The lowest BCUT2D eigenvalue weighted by Crippen LogP contribution is -2.25. The van der Waals surface area contributed by atoms with Gasteiger partial charge < -0.3 is 57.2 Å².